The molecule has 0 aliphatic rings. The summed E-state index contributed by atoms with van der Waals surface area (Å²) in [6.07, 6.45) is 1.10. The van der Waals surface area contributed by atoms with E-state index in [0.29, 0.717) is 13.2 Å². The van der Waals surface area contributed by atoms with E-state index >= 15 is 0 Å². The highest BCUT2D eigenvalue weighted by molar-refractivity contribution is 5.39. The number of ether oxygens (including phenoxy) is 1. The molecule has 0 unspecified atom stereocenters. The van der Waals surface area contributed by atoms with Gasteiger partial charge in [-0.2, -0.15) is 0 Å². The van der Waals surface area contributed by atoms with Crippen molar-refractivity contribution in [2.45, 2.75) is 46.5 Å². The van der Waals surface area contributed by atoms with Gasteiger partial charge in [0, 0.05) is 0 Å². The third kappa shape index (κ3) is 6.12. The first-order valence-corrected chi connectivity index (χ1v) is 6.85. The predicted molar refractivity (Wildman–Crippen MR) is 77.9 cm³/mol. The van der Waals surface area contributed by atoms with Gasteiger partial charge in [0.2, 0.25) is 0 Å². The lowest BCUT2D eigenvalue weighted by Gasteiger charge is -2.34. The van der Waals surface area contributed by atoms with E-state index in [4.69, 9.17) is 9.57 Å². The fraction of sp³-hybridized carbons (Fsp3) is 0.625. The third-order valence-electron chi connectivity index (χ3n) is 3.07. The summed E-state index contributed by atoms with van der Waals surface area (Å²) in [4.78, 5) is 4.79. The summed E-state index contributed by atoms with van der Waals surface area (Å²) in [6.45, 7) is 12.4. The SMILES string of the molecule is CC(C)(C)CC(C)(C)c1ccccc1OCCO[NH3+].[Cl-]. The van der Waals surface area contributed by atoms with Gasteiger partial charge in [0.05, 0.1) is 0 Å². The lowest BCUT2D eigenvalue weighted by molar-refractivity contribution is -0.689. The van der Waals surface area contributed by atoms with E-state index in [2.05, 4.69) is 52.6 Å². The van der Waals surface area contributed by atoms with Crippen LogP contribution in [0.5, 0.6) is 5.75 Å². The van der Waals surface area contributed by atoms with E-state index in [0.717, 1.165) is 12.2 Å². The Morgan fingerprint density at radius 2 is 1.60 bits per heavy atom. The quantitative estimate of drug-likeness (QED) is 0.592. The van der Waals surface area contributed by atoms with Gasteiger partial charge in [0.25, 0.3) is 0 Å². The van der Waals surface area contributed by atoms with Crippen LogP contribution in [0.2, 0.25) is 0 Å². The summed E-state index contributed by atoms with van der Waals surface area (Å²) >= 11 is 0. The molecule has 0 atom stereocenters. The van der Waals surface area contributed by atoms with Gasteiger partial charge in [-0.05, 0) is 28.9 Å². The van der Waals surface area contributed by atoms with Gasteiger partial charge in [-0.15, -0.1) is 0 Å². The molecule has 0 saturated heterocycles. The van der Waals surface area contributed by atoms with Gasteiger partial charge >= 0.3 is 0 Å². The minimum atomic E-state index is 0. The predicted octanol–water partition coefficient (Wildman–Crippen LogP) is -0.0433. The molecule has 1 aromatic carbocycles. The highest BCUT2D eigenvalue weighted by atomic mass is 35.5. The molecule has 116 valence electrons. The average Bonchev–Trinajstić information content (AvgIpc) is 2.27. The molecule has 0 amide bonds. The molecule has 0 aromatic heterocycles. The number of quaternary nitrogens is 1. The van der Waals surface area contributed by atoms with Crippen molar-refractivity contribution in [1.29, 1.82) is 0 Å². The molecule has 0 bridgehead atoms. The molecular weight excluding hydrogens is 274 g/mol. The topological polar surface area (TPSA) is 46.1 Å². The lowest BCUT2D eigenvalue weighted by Crippen LogP contribution is -3.00. The highest BCUT2D eigenvalue weighted by Gasteiger charge is 2.29. The average molecular weight is 302 g/mol. The Kier molecular flexibility index (Phi) is 7.56. The summed E-state index contributed by atoms with van der Waals surface area (Å²) in [7, 11) is 0. The molecule has 0 aliphatic heterocycles. The van der Waals surface area contributed by atoms with Crippen molar-refractivity contribution in [3.8, 4) is 5.75 Å². The van der Waals surface area contributed by atoms with Crippen molar-refractivity contribution < 1.29 is 27.9 Å². The second-order valence-electron chi connectivity index (χ2n) is 6.87. The van der Waals surface area contributed by atoms with Crippen molar-refractivity contribution in [2.24, 2.45) is 5.41 Å². The molecular formula is C16H28ClNO2. The first-order chi connectivity index (χ1) is 8.76. The fourth-order valence-corrected chi connectivity index (χ4v) is 2.78. The van der Waals surface area contributed by atoms with Crippen molar-refractivity contribution in [3.05, 3.63) is 29.8 Å². The molecule has 0 aliphatic carbocycles. The maximum atomic E-state index is 5.81. The summed E-state index contributed by atoms with van der Waals surface area (Å²) in [5.74, 6) is 4.31. The highest BCUT2D eigenvalue weighted by Crippen LogP contribution is 2.40. The molecule has 0 saturated carbocycles. The summed E-state index contributed by atoms with van der Waals surface area (Å²) < 4.78 is 5.81. The Bertz CT molecular complexity index is 400. The standard InChI is InChI=1S/C16H28NO2.ClH/c1-15(2,3)12-16(4,5)13-8-6-7-9-14(13)18-10-11-19-17;/h6-9H,10-12H2,1-5,17H3;1H/q+1;/p-1. The second-order valence-corrected chi connectivity index (χ2v) is 6.87. The maximum Gasteiger partial charge on any atom is 0.140 e. The summed E-state index contributed by atoms with van der Waals surface area (Å²) in [5.41, 5.74) is 1.63. The fourth-order valence-electron chi connectivity index (χ4n) is 2.78. The zero-order valence-electron chi connectivity index (χ0n) is 13.3. The molecule has 0 fully saturated rings. The Labute approximate surface area is 129 Å². The summed E-state index contributed by atoms with van der Waals surface area (Å²) in [5, 5.41) is 0. The number of rotatable bonds is 6. The summed E-state index contributed by atoms with van der Waals surface area (Å²) in [6, 6.07) is 8.27. The van der Waals surface area contributed by atoms with Gasteiger partial charge < -0.3 is 17.1 Å². The first kappa shape index (κ1) is 19.2. The molecule has 3 nitrogen and oxygen atoms in total. The molecule has 0 radical (unpaired) electrons. The molecule has 3 N–H and O–H groups in total. The largest absolute Gasteiger partial charge is 1.00 e. The molecule has 20 heavy (non-hydrogen) atoms. The Morgan fingerprint density at radius 1 is 1.00 bits per heavy atom. The van der Waals surface area contributed by atoms with Crippen LogP contribution in [0.15, 0.2) is 24.3 Å². The van der Waals surface area contributed by atoms with E-state index < -0.39 is 0 Å². The third-order valence-corrected chi connectivity index (χ3v) is 3.07. The van der Waals surface area contributed by atoms with Crippen molar-refractivity contribution in [1.82, 2.24) is 0 Å². The normalized spacial score (nSPS) is 11.9. The van der Waals surface area contributed by atoms with Crippen LogP contribution in [0.3, 0.4) is 0 Å². The van der Waals surface area contributed by atoms with Crippen LogP contribution in [0.1, 0.15) is 46.6 Å². The van der Waals surface area contributed by atoms with E-state index in [1.54, 1.807) is 0 Å². The van der Waals surface area contributed by atoms with E-state index in [9.17, 15) is 0 Å². The van der Waals surface area contributed by atoms with Crippen LogP contribution < -0.4 is 23.0 Å². The van der Waals surface area contributed by atoms with E-state index in [1.165, 1.54) is 5.56 Å². The minimum absolute atomic E-state index is 0. The molecule has 0 spiro atoms. The van der Waals surface area contributed by atoms with Crippen molar-refractivity contribution in [2.75, 3.05) is 13.2 Å². The molecule has 1 aromatic rings. The number of benzene rings is 1. The van der Waals surface area contributed by atoms with Crippen LogP contribution in [-0.2, 0) is 10.3 Å². The second kappa shape index (κ2) is 7.87. The number of hydrogen-bond donors (Lipinski definition) is 1. The zero-order valence-corrected chi connectivity index (χ0v) is 14.1. The Morgan fingerprint density at radius 3 is 2.15 bits per heavy atom. The monoisotopic (exact) mass is 301 g/mol. The molecule has 0 heterocycles. The van der Waals surface area contributed by atoms with Crippen LogP contribution >= 0.6 is 0 Å². The molecule has 4 heteroatoms. The number of halogens is 1. The van der Waals surface area contributed by atoms with Gasteiger partial charge in [-0.1, -0.05) is 52.8 Å². The maximum absolute atomic E-state index is 5.81. The van der Waals surface area contributed by atoms with Crippen LogP contribution in [0.4, 0.5) is 0 Å². The van der Waals surface area contributed by atoms with Gasteiger partial charge in [0.15, 0.2) is 0 Å². The number of para-hydroxylation sites is 1. The smallest absolute Gasteiger partial charge is 0.140 e. The zero-order chi connectivity index (χ0) is 14.5. The first-order valence-electron chi connectivity index (χ1n) is 6.85. The Balaban J connectivity index is 0.00000361. The van der Waals surface area contributed by atoms with Gasteiger partial charge in [-0.3, -0.25) is 0 Å². The van der Waals surface area contributed by atoms with Gasteiger partial charge in [0.1, 0.15) is 19.0 Å². The van der Waals surface area contributed by atoms with Gasteiger partial charge in [-0.25, -0.2) is 10.7 Å². The Hall–Kier alpha value is -0.770. The van der Waals surface area contributed by atoms with Crippen molar-refractivity contribution in [3.63, 3.8) is 0 Å². The lowest BCUT2D eigenvalue weighted by atomic mass is 9.72. The van der Waals surface area contributed by atoms with Crippen LogP contribution in [0.25, 0.3) is 0 Å². The van der Waals surface area contributed by atoms with Crippen molar-refractivity contribution >= 4 is 0 Å². The van der Waals surface area contributed by atoms with E-state index in [1.807, 2.05) is 12.1 Å². The molecule has 1 rings (SSSR count). The van der Waals surface area contributed by atoms with E-state index in [-0.39, 0.29) is 23.2 Å². The van der Waals surface area contributed by atoms with Crippen LogP contribution in [-0.4, -0.2) is 13.2 Å². The minimum Gasteiger partial charge on any atom is -1.00 e. The van der Waals surface area contributed by atoms with Crippen LogP contribution in [0, 0.1) is 5.41 Å². The number of hydrogen-bond acceptors (Lipinski definition) is 2.